The second kappa shape index (κ2) is 9.34. The highest BCUT2D eigenvalue weighted by molar-refractivity contribution is 7.15. The average Bonchev–Trinajstić information content (AvgIpc) is 3.38. The summed E-state index contributed by atoms with van der Waals surface area (Å²) in [4.78, 5) is 18.0. The molecule has 0 N–H and O–H groups in total. The van der Waals surface area contributed by atoms with Crippen molar-refractivity contribution in [3.05, 3.63) is 68.7 Å². The highest BCUT2D eigenvalue weighted by Crippen LogP contribution is 2.35. The minimum absolute atomic E-state index is 0.230. The summed E-state index contributed by atoms with van der Waals surface area (Å²) in [5.41, 5.74) is 0.600. The molecule has 8 nitrogen and oxygen atoms in total. The number of aromatic nitrogens is 3. The lowest BCUT2D eigenvalue weighted by Gasteiger charge is -2.24. The standard InChI is InChI=1S/C25H25N3O5S/c1-15(2)10-11-31-18-9-8-16(12-20(18)30-3)13-22-24(29)28-25(34-22)26-23(27-28)21-14-32-17-6-4-5-7-19(17)33-21/h4-9,12-13,15,21H,10-11,14H2,1-3H3/b22-13+/t21-/m1/s1. The van der Waals surface area contributed by atoms with Gasteiger partial charge in [0, 0.05) is 0 Å². The third-order valence-corrected chi connectivity index (χ3v) is 6.39. The Morgan fingerprint density at radius 1 is 1.21 bits per heavy atom. The summed E-state index contributed by atoms with van der Waals surface area (Å²) in [6.07, 6.45) is 2.30. The van der Waals surface area contributed by atoms with Gasteiger partial charge in [-0.05, 0) is 48.2 Å². The van der Waals surface area contributed by atoms with Crippen LogP contribution in [0.25, 0.3) is 11.0 Å². The minimum atomic E-state index is -0.471. The van der Waals surface area contributed by atoms with Gasteiger partial charge in [-0.2, -0.15) is 9.50 Å². The molecule has 5 rings (SSSR count). The maximum atomic E-state index is 13.0. The molecule has 0 saturated heterocycles. The van der Waals surface area contributed by atoms with E-state index in [9.17, 15) is 4.79 Å². The number of fused-ring (bicyclic) bond motifs is 2. The highest BCUT2D eigenvalue weighted by Gasteiger charge is 2.27. The minimum Gasteiger partial charge on any atom is -0.493 e. The Morgan fingerprint density at radius 3 is 2.79 bits per heavy atom. The summed E-state index contributed by atoms with van der Waals surface area (Å²) < 4.78 is 24.9. The summed E-state index contributed by atoms with van der Waals surface area (Å²) in [5.74, 6) is 3.63. The molecule has 0 saturated carbocycles. The number of hydrogen-bond donors (Lipinski definition) is 0. The molecule has 1 aliphatic heterocycles. The third-order valence-electron chi connectivity index (χ3n) is 5.43. The van der Waals surface area contributed by atoms with Crippen LogP contribution in [0.15, 0.2) is 47.3 Å². The molecule has 0 aliphatic carbocycles. The molecular formula is C25H25N3O5S. The van der Waals surface area contributed by atoms with Gasteiger partial charge in [0.25, 0.3) is 5.56 Å². The molecule has 0 unspecified atom stereocenters. The van der Waals surface area contributed by atoms with Crippen molar-refractivity contribution < 1.29 is 18.9 Å². The summed E-state index contributed by atoms with van der Waals surface area (Å²) in [6.45, 7) is 5.22. The second-order valence-corrected chi connectivity index (χ2v) is 9.39. The Balaban J connectivity index is 1.38. The smallest absolute Gasteiger partial charge is 0.291 e. The molecule has 0 fully saturated rings. The van der Waals surface area contributed by atoms with Crippen molar-refractivity contribution in [1.82, 2.24) is 14.6 Å². The Morgan fingerprint density at radius 2 is 2.03 bits per heavy atom. The summed E-state index contributed by atoms with van der Waals surface area (Å²) in [6, 6.07) is 13.1. The van der Waals surface area contributed by atoms with Crippen molar-refractivity contribution >= 4 is 22.4 Å². The lowest BCUT2D eigenvalue weighted by Crippen LogP contribution is -2.26. The van der Waals surface area contributed by atoms with E-state index < -0.39 is 6.10 Å². The number of benzene rings is 2. The van der Waals surface area contributed by atoms with Gasteiger partial charge < -0.3 is 18.9 Å². The zero-order chi connectivity index (χ0) is 23.7. The zero-order valence-electron chi connectivity index (χ0n) is 19.2. The normalized spacial score (nSPS) is 15.8. The fraction of sp³-hybridized carbons (Fsp3) is 0.320. The monoisotopic (exact) mass is 479 g/mol. The molecule has 34 heavy (non-hydrogen) atoms. The number of para-hydroxylation sites is 2. The molecule has 2 aromatic carbocycles. The molecule has 4 aromatic rings. The zero-order valence-corrected chi connectivity index (χ0v) is 20.0. The fourth-order valence-electron chi connectivity index (χ4n) is 3.58. The summed E-state index contributed by atoms with van der Waals surface area (Å²) in [5, 5.41) is 4.40. The first-order valence-electron chi connectivity index (χ1n) is 11.1. The number of thiazole rings is 1. The van der Waals surface area contributed by atoms with Crippen LogP contribution >= 0.6 is 11.3 Å². The Kier molecular flexibility index (Phi) is 6.10. The van der Waals surface area contributed by atoms with Gasteiger partial charge in [0.2, 0.25) is 4.96 Å². The van der Waals surface area contributed by atoms with E-state index in [2.05, 4.69) is 23.9 Å². The molecular weight excluding hydrogens is 454 g/mol. The van der Waals surface area contributed by atoms with Crippen molar-refractivity contribution in [2.75, 3.05) is 20.3 Å². The van der Waals surface area contributed by atoms with Gasteiger partial charge in [0.05, 0.1) is 18.2 Å². The quantitative estimate of drug-likeness (QED) is 0.400. The predicted molar refractivity (Wildman–Crippen MR) is 129 cm³/mol. The van der Waals surface area contributed by atoms with Crippen LogP contribution in [0.1, 0.15) is 37.8 Å². The van der Waals surface area contributed by atoms with Crippen LogP contribution in [0.3, 0.4) is 0 Å². The Labute approximate surface area is 200 Å². The van der Waals surface area contributed by atoms with Crippen molar-refractivity contribution in [3.8, 4) is 23.0 Å². The van der Waals surface area contributed by atoms with Gasteiger partial charge in [-0.15, -0.1) is 5.10 Å². The number of hydrogen-bond acceptors (Lipinski definition) is 8. The third kappa shape index (κ3) is 4.43. The maximum Gasteiger partial charge on any atom is 0.291 e. The van der Waals surface area contributed by atoms with E-state index in [0.29, 0.717) is 50.8 Å². The molecule has 0 amide bonds. The number of ether oxygens (including phenoxy) is 4. The van der Waals surface area contributed by atoms with Crippen LogP contribution in [0.5, 0.6) is 23.0 Å². The average molecular weight is 480 g/mol. The van der Waals surface area contributed by atoms with E-state index in [1.165, 1.54) is 15.9 Å². The molecule has 1 atom stereocenters. The van der Waals surface area contributed by atoms with Crippen LogP contribution in [0, 0.1) is 5.92 Å². The fourth-order valence-corrected chi connectivity index (χ4v) is 4.50. The first-order chi connectivity index (χ1) is 16.5. The first kappa shape index (κ1) is 22.2. The molecule has 0 spiro atoms. The molecule has 3 heterocycles. The van der Waals surface area contributed by atoms with E-state index in [-0.39, 0.29) is 12.2 Å². The van der Waals surface area contributed by atoms with Crippen LogP contribution < -0.4 is 29.0 Å². The number of nitrogens with zero attached hydrogens (tertiary/aromatic N) is 3. The molecule has 176 valence electrons. The molecule has 0 radical (unpaired) electrons. The van der Waals surface area contributed by atoms with E-state index in [1.807, 2.05) is 42.5 Å². The molecule has 0 bridgehead atoms. The molecule has 2 aromatic heterocycles. The van der Waals surface area contributed by atoms with Crippen molar-refractivity contribution in [2.45, 2.75) is 26.4 Å². The molecule has 1 aliphatic rings. The van der Waals surface area contributed by atoms with E-state index in [1.54, 1.807) is 13.2 Å². The first-order valence-corrected chi connectivity index (χ1v) is 11.9. The molecule has 9 heteroatoms. The van der Waals surface area contributed by atoms with Gasteiger partial charge in [-0.1, -0.05) is 43.4 Å². The van der Waals surface area contributed by atoms with Gasteiger partial charge >= 0.3 is 0 Å². The number of methoxy groups -OCH3 is 1. The van der Waals surface area contributed by atoms with Gasteiger partial charge in [-0.3, -0.25) is 4.79 Å². The maximum absolute atomic E-state index is 13.0. The van der Waals surface area contributed by atoms with Crippen LogP contribution in [0.2, 0.25) is 0 Å². The van der Waals surface area contributed by atoms with Crippen molar-refractivity contribution in [1.29, 1.82) is 0 Å². The predicted octanol–water partition coefficient (Wildman–Crippen LogP) is 3.64. The second-order valence-electron chi connectivity index (χ2n) is 8.39. The van der Waals surface area contributed by atoms with E-state index in [0.717, 1.165) is 12.0 Å². The van der Waals surface area contributed by atoms with Crippen molar-refractivity contribution in [3.63, 3.8) is 0 Å². The number of rotatable bonds is 7. The Hall–Kier alpha value is -3.59. The van der Waals surface area contributed by atoms with Crippen molar-refractivity contribution in [2.24, 2.45) is 5.92 Å². The topological polar surface area (TPSA) is 84.2 Å². The summed E-state index contributed by atoms with van der Waals surface area (Å²) in [7, 11) is 1.60. The van der Waals surface area contributed by atoms with Gasteiger partial charge in [0.1, 0.15) is 6.61 Å². The summed E-state index contributed by atoms with van der Waals surface area (Å²) >= 11 is 1.28. The van der Waals surface area contributed by atoms with Crippen LogP contribution in [0.4, 0.5) is 0 Å². The lowest BCUT2D eigenvalue weighted by atomic mass is 10.1. The lowest BCUT2D eigenvalue weighted by molar-refractivity contribution is 0.0852. The van der Waals surface area contributed by atoms with Gasteiger partial charge in [0.15, 0.2) is 34.9 Å². The van der Waals surface area contributed by atoms with E-state index >= 15 is 0 Å². The SMILES string of the molecule is COc1cc(/C=c2/sc3nc([C@H]4COc5ccccc5O4)nn3c2=O)ccc1OCCC(C)C. The van der Waals surface area contributed by atoms with Crippen LogP contribution in [-0.2, 0) is 0 Å². The van der Waals surface area contributed by atoms with Gasteiger partial charge in [-0.25, -0.2) is 0 Å². The highest BCUT2D eigenvalue weighted by atomic mass is 32.1. The largest absolute Gasteiger partial charge is 0.493 e. The Bertz CT molecular complexity index is 1430. The van der Waals surface area contributed by atoms with E-state index in [4.69, 9.17) is 18.9 Å². The van der Waals surface area contributed by atoms with Crippen LogP contribution in [-0.4, -0.2) is 34.9 Å².